The molecule has 0 saturated carbocycles. The highest BCUT2D eigenvalue weighted by Crippen LogP contribution is 2.41. The van der Waals surface area contributed by atoms with Gasteiger partial charge in [0.15, 0.2) is 23.2 Å². The maximum atomic E-state index is 14.0. The number of benzene rings is 2. The van der Waals surface area contributed by atoms with Crippen LogP contribution in [-0.4, -0.2) is 33.6 Å². The molecule has 0 aliphatic carbocycles. The monoisotopic (exact) mass is 495 g/mol. The lowest BCUT2D eigenvalue weighted by Crippen LogP contribution is -2.45. The standard InChI is InChI=1S/C27H24F3N3O3/c1-15-13-32(14-31-15)23-8-7-17(9-24(23)35-3)10-25-27(34)33-21(16(2)36-25)5-4-6-22(33)18-11-19(28)26(30)20(29)12-18/h5,7-14,16,22H,4,6H2,1-3H3. The van der Waals surface area contributed by atoms with Gasteiger partial charge in [-0.2, -0.15) is 0 Å². The summed E-state index contributed by atoms with van der Waals surface area (Å²) in [6, 6.07) is 6.70. The van der Waals surface area contributed by atoms with Crippen LogP contribution in [-0.2, 0) is 9.53 Å². The van der Waals surface area contributed by atoms with Gasteiger partial charge in [0.05, 0.1) is 36.6 Å². The molecule has 1 amide bonds. The van der Waals surface area contributed by atoms with E-state index in [0.717, 1.165) is 23.5 Å². The molecule has 0 spiro atoms. The van der Waals surface area contributed by atoms with Crippen LogP contribution in [0, 0.1) is 24.4 Å². The number of aryl methyl sites for hydroxylation is 1. The van der Waals surface area contributed by atoms with E-state index in [4.69, 9.17) is 9.47 Å². The Bertz CT molecular complexity index is 1390. The number of nitrogens with zero attached hydrogens (tertiary/aromatic N) is 3. The number of amides is 1. The summed E-state index contributed by atoms with van der Waals surface area (Å²) < 4.78 is 54.9. The predicted molar refractivity (Wildman–Crippen MR) is 127 cm³/mol. The molecule has 9 heteroatoms. The molecule has 1 fully saturated rings. The summed E-state index contributed by atoms with van der Waals surface area (Å²) in [5, 5.41) is 0. The summed E-state index contributed by atoms with van der Waals surface area (Å²) >= 11 is 0. The molecule has 3 aromatic rings. The lowest BCUT2D eigenvalue weighted by molar-refractivity contribution is -0.137. The largest absolute Gasteiger partial charge is 0.495 e. The number of fused-ring (bicyclic) bond motifs is 1. The van der Waals surface area contributed by atoms with Gasteiger partial charge in [0.1, 0.15) is 11.9 Å². The highest BCUT2D eigenvalue weighted by atomic mass is 19.2. The molecule has 2 atom stereocenters. The highest BCUT2D eigenvalue weighted by molar-refractivity contribution is 5.98. The summed E-state index contributed by atoms with van der Waals surface area (Å²) in [4.78, 5) is 19.3. The number of ether oxygens (including phenoxy) is 2. The average molecular weight is 496 g/mol. The van der Waals surface area contributed by atoms with E-state index in [2.05, 4.69) is 4.98 Å². The third kappa shape index (κ3) is 4.14. The fraction of sp³-hybridized carbons (Fsp3) is 0.259. The van der Waals surface area contributed by atoms with Crippen molar-refractivity contribution in [2.75, 3.05) is 7.11 Å². The zero-order chi connectivity index (χ0) is 25.6. The molecule has 2 aromatic carbocycles. The second-order valence-electron chi connectivity index (χ2n) is 8.82. The lowest BCUT2D eigenvalue weighted by Gasteiger charge is -2.43. The van der Waals surface area contributed by atoms with Gasteiger partial charge in [-0.05, 0) is 68.2 Å². The second-order valence-corrected chi connectivity index (χ2v) is 8.82. The zero-order valence-corrected chi connectivity index (χ0v) is 20.0. The highest BCUT2D eigenvalue weighted by Gasteiger charge is 2.40. The van der Waals surface area contributed by atoms with E-state index in [1.54, 1.807) is 32.5 Å². The Morgan fingerprint density at radius 2 is 1.92 bits per heavy atom. The summed E-state index contributed by atoms with van der Waals surface area (Å²) in [5.41, 5.74) is 3.12. The molecule has 6 nitrogen and oxygen atoms in total. The van der Waals surface area contributed by atoms with Crippen LogP contribution in [0.25, 0.3) is 11.8 Å². The lowest BCUT2D eigenvalue weighted by atomic mass is 9.93. The van der Waals surface area contributed by atoms with Crippen LogP contribution < -0.4 is 4.74 Å². The van der Waals surface area contributed by atoms with E-state index in [1.807, 2.05) is 35.9 Å². The van der Waals surface area contributed by atoms with Crippen molar-refractivity contribution in [1.82, 2.24) is 14.5 Å². The van der Waals surface area contributed by atoms with Crippen molar-refractivity contribution in [3.8, 4) is 11.4 Å². The number of hydrogen-bond donors (Lipinski definition) is 0. The Kier molecular flexibility index (Phi) is 6.07. The van der Waals surface area contributed by atoms with Gasteiger partial charge in [0, 0.05) is 6.20 Å². The van der Waals surface area contributed by atoms with Crippen molar-refractivity contribution >= 4 is 12.0 Å². The zero-order valence-electron chi connectivity index (χ0n) is 20.0. The molecule has 1 saturated heterocycles. The molecule has 186 valence electrons. The maximum absolute atomic E-state index is 14.0. The third-order valence-corrected chi connectivity index (χ3v) is 6.42. The van der Waals surface area contributed by atoms with E-state index in [9.17, 15) is 18.0 Å². The molecular formula is C27H24F3N3O3. The first-order valence-electron chi connectivity index (χ1n) is 11.5. The first-order valence-corrected chi connectivity index (χ1v) is 11.5. The third-order valence-electron chi connectivity index (χ3n) is 6.42. The van der Waals surface area contributed by atoms with Gasteiger partial charge in [-0.3, -0.25) is 9.69 Å². The molecule has 2 aliphatic rings. The van der Waals surface area contributed by atoms with E-state index >= 15 is 0 Å². The smallest absolute Gasteiger partial charge is 0.293 e. The number of aromatic nitrogens is 2. The van der Waals surface area contributed by atoms with E-state index < -0.39 is 35.5 Å². The van der Waals surface area contributed by atoms with Gasteiger partial charge in [-0.25, -0.2) is 18.2 Å². The number of hydrogen-bond acceptors (Lipinski definition) is 4. The first-order chi connectivity index (χ1) is 17.3. The van der Waals surface area contributed by atoms with E-state index in [1.165, 1.54) is 4.90 Å². The van der Waals surface area contributed by atoms with Crippen LogP contribution in [0.3, 0.4) is 0 Å². The van der Waals surface area contributed by atoms with Gasteiger partial charge in [-0.15, -0.1) is 0 Å². The quantitative estimate of drug-likeness (QED) is 0.349. The number of halogens is 3. The van der Waals surface area contributed by atoms with Gasteiger partial charge in [-0.1, -0.05) is 12.1 Å². The molecular weight excluding hydrogens is 471 g/mol. The minimum Gasteiger partial charge on any atom is -0.495 e. The SMILES string of the molecule is COc1cc(C=C2OC(C)C3=CCCC(c4cc(F)c(F)c(F)c4)N3C2=O)ccc1-n1cnc(C)c1. The molecule has 0 radical (unpaired) electrons. The molecule has 3 heterocycles. The minimum atomic E-state index is -1.53. The van der Waals surface area contributed by atoms with Crippen molar-refractivity contribution < 1.29 is 27.4 Å². The Balaban J connectivity index is 1.51. The van der Waals surface area contributed by atoms with Gasteiger partial charge >= 0.3 is 0 Å². The van der Waals surface area contributed by atoms with E-state index in [-0.39, 0.29) is 11.3 Å². The number of carbonyl (C=O) groups excluding carboxylic acids is 1. The predicted octanol–water partition coefficient (Wildman–Crippen LogP) is 5.61. The Labute approximate surface area is 206 Å². The van der Waals surface area contributed by atoms with Gasteiger partial charge < -0.3 is 14.0 Å². The molecule has 2 aliphatic heterocycles. The minimum absolute atomic E-state index is 0.0860. The maximum Gasteiger partial charge on any atom is 0.293 e. The number of allylic oxidation sites excluding steroid dienone is 1. The van der Waals surface area contributed by atoms with Crippen molar-refractivity contribution in [3.05, 3.63) is 94.7 Å². The molecule has 1 aromatic heterocycles. The normalized spacial score (nSPS) is 20.7. The van der Waals surface area contributed by atoms with Crippen molar-refractivity contribution in [3.63, 3.8) is 0 Å². The number of carbonyl (C=O) groups is 1. The summed E-state index contributed by atoms with van der Waals surface area (Å²) in [6.07, 6.45) is 7.61. The molecule has 5 rings (SSSR count). The fourth-order valence-electron chi connectivity index (χ4n) is 4.72. The van der Waals surface area contributed by atoms with E-state index in [0.29, 0.717) is 29.9 Å². The van der Waals surface area contributed by atoms with Gasteiger partial charge in [0.2, 0.25) is 0 Å². The van der Waals surface area contributed by atoms with Crippen molar-refractivity contribution in [2.24, 2.45) is 0 Å². The molecule has 0 bridgehead atoms. The first kappa shape index (κ1) is 23.7. The average Bonchev–Trinajstić information content (AvgIpc) is 3.30. The Morgan fingerprint density at radius 1 is 1.17 bits per heavy atom. The summed E-state index contributed by atoms with van der Waals surface area (Å²) in [7, 11) is 1.56. The number of rotatable bonds is 4. The summed E-state index contributed by atoms with van der Waals surface area (Å²) in [6.45, 7) is 3.69. The molecule has 0 N–H and O–H groups in total. The Hall–Kier alpha value is -4.01. The van der Waals surface area contributed by atoms with Crippen LogP contribution in [0.2, 0.25) is 0 Å². The van der Waals surface area contributed by atoms with Crippen LogP contribution in [0.1, 0.15) is 42.6 Å². The van der Waals surface area contributed by atoms with Crippen molar-refractivity contribution in [1.29, 1.82) is 0 Å². The topological polar surface area (TPSA) is 56.6 Å². The fourth-order valence-corrected chi connectivity index (χ4v) is 4.72. The molecule has 2 unspecified atom stereocenters. The van der Waals surface area contributed by atoms with Crippen LogP contribution in [0.5, 0.6) is 5.75 Å². The second kappa shape index (κ2) is 9.22. The Morgan fingerprint density at radius 3 is 2.58 bits per heavy atom. The van der Waals surface area contributed by atoms with Crippen LogP contribution >= 0.6 is 0 Å². The summed E-state index contributed by atoms with van der Waals surface area (Å²) in [5.74, 6) is -3.88. The van der Waals surface area contributed by atoms with Gasteiger partial charge in [0.25, 0.3) is 5.91 Å². The number of imidazole rings is 1. The number of methoxy groups -OCH3 is 1. The molecule has 36 heavy (non-hydrogen) atoms. The number of morpholine rings is 1. The van der Waals surface area contributed by atoms with Crippen molar-refractivity contribution in [2.45, 2.75) is 38.8 Å². The van der Waals surface area contributed by atoms with Crippen LogP contribution in [0.15, 0.2) is 60.4 Å². The van der Waals surface area contributed by atoms with Crippen LogP contribution in [0.4, 0.5) is 13.2 Å².